The Bertz CT molecular complexity index is 449. The van der Waals surface area contributed by atoms with Gasteiger partial charge in [0, 0.05) is 6.54 Å². The van der Waals surface area contributed by atoms with Crippen LogP contribution in [0.2, 0.25) is 0 Å². The molecule has 0 bridgehead atoms. The molecule has 0 fully saturated rings. The lowest BCUT2D eigenvalue weighted by Crippen LogP contribution is -1.94. The number of nitrogens with two attached hydrogens (primary N) is 2. The van der Waals surface area contributed by atoms with Gasteiger partial charge in [-0.3, -0.25) is 0 Å². The topological polar surface area (TPSA) is 104 Å². The van der Waals surface area contributed by atoms with Crippen molar-refractivity contribution in [1.29, 1.82) is 0 Å². The van der Waals surface area contributed by atoms with Crippen molar-refractivity contribution in [3.05, 3.63) is 10.7 Å². The van der Waals surface area contributed by atoms with Crippen molar-refractivity contribution in [2.45, 2.75) is 13.5 Å². The summed E-state index contributed by atoms with van der Waals surface area (Å²) in [6.07, 6.45) is 0. The van der Waals surface area contributed by atoms with Crippen molar-refractivity contribution >= 4 is 17.3 Å². The minimum atomic E-state index is 0.127. The average Bonchev–Trinajstić information content (AvgIpc) is 2.71. The van der Waals surface area contributed by atoms with Crippen LogP contribution in [-0.2, 0) is 6.54 Å². The lowest BCUT2D eigenvalue weighted by atomic mass is 10.4. The zero-order chi connectivity index (χ0) is 10.1. The molecule has 0 aromatic carbocycles. The molecule has 0 amide bonds. The molecule has 0 spiro atoms. The molecule has 2 aromatic rings. The zero-order valence-corrected chi connectivity index (χ0v) is 8.34. The van der Waals surface area contributed by atoms with Crippen molar-refractivity contribution < 1.29 is 4.52 Å². The van der Waals surface area contributed by atoms with Crippen LogP contribution in [0.3, 0.4) is 0 Å². The van der Waals surface area contributed by atoms with Crippen molar-refractivity contribution in [1.82, 2.24) is 15.1 Å². The summed E-state index contributed by atoms with van der Waals surface area (Å²) in [5.74, 6) is 0.527. The van der Waals surface area contributed by atoms with E-state index in [9.17, 15) is 0 Å². The van der Waals surface area contributed by atoms with E-state index < -0.39 is 0 Å². The minimum Gasteiger partial charge on any atom is -0.365 e. The highest BCUT2D eigenvalue weighted by molar-refractivity contribution is 7.15. The summed E-state index contributed by atoms with van der Waals surface area (Å²) >= 11 is 1.44. The standard InChI is InChI=1S/C7H9N5OS/c1-3-5(14-4(2-8)10-3)6-11-7(9)12-13-6/h2,8H2,1H3,(H2,9,12). The second-order valence-electron chi connectivity index (χ2n) is 2.68. The summed E-state index contributed by atoms with van der Waals surface area (Å²) < 4.78 is 4.93. The lowest BCUT2D eigenvalue weighted by Gasteiger charge is -1.86. The third-order valence-corrected chi connectivity index (χ3v) is 2.82. The molecule has 0 radical (unpaired) electrons. The van der Waals surface area contributed by atoms with Crippen LogP contribution in [0.15, 0.2) is 4.52 Å². The Morgan fingerprint density at radius 1 is 1.43 bits per heavy atom. The summed E-state index contributed by atoms with van der Waals surface area (Å²) in [5.41, 5.74) is 11.7. The third kappa shape index (κ3) is 1.47. The van der Waals surface area contributed by atoms with Gasteiger partial charge in [0.15, 0.2) is 0 Å². The Morgan fingerprint density at radius 2 is 2.21 bits per heavy atom. The molecule has 2 aromatic heterocycles. The predicted octanol–water partition coefficient (Wildman–Crippen LogP) is 0.542. The first-order chi connectivity index (χ1) is 6.70. The van der Waals surface area contributed by atoms with Crippen molar-refractivity contribution in [2.24, 2.45) is 5.73 Å². The van der Waals surface area contributed by atoms with E-state index in [1.807, 2.05) is 6.92 Å². The highest BCUT2D eigenvalue weighted by Crippen LogP contribution is 2.28. The number of hydrogen-bond acceptors (Lipinski definition) is 7. The third-order valence-electron chi connectivity index (χ3n) is 1.65. The van der Waals surface area contributed by atoms with Crippen LogP contribution in [0.1, 0.15) is 10.7 Å². The Balaban J connectivity index is 2.45. The van der Waals surface area contributed by atoms with Gasteiger partial charge in [-0.15, -0.1) is 11.3 Å². The monoisotopic (exact) mass is 211 g/mol. The van der Waals surface area contributed by atoms with Crippen LogP contribution in [-0.4, -0.2) is 15.1 Å². The van der Waals surface area contributed by atoms with E-state index in [1.54, 1.807) is 0 Å². The first-order valence-corrected chi connectivity index (χ1v) is 4.78. The van der Waals surface area contributed by atoms with E-state index in [-0.39, 0.29) is 5.95 Å². The maximum Gasteiger partial charge on any atom is 0.271 e. The molecule has 6 nitrogen and oxygen atoms in total. The van der Waals surface area contributed by atoms with Gasteiger partial charge in [0.1, 0.15) is 9.88 Å². The molecule has 0 aliphatic heterocycles. The van der Waals surface area contributed by atoms with E-state index in [0.29, 0.717) is 12.4 Å². The molecule has 2 rings (SSSR count). The molecule has 0 aliphatic carbocycles. The van der Waals surface area contributed by atoms with E-state index in [4.69, 9.17) is 16.0 Å². The maximum atomic E-state index is 5.47. The van der Waals surface area contributed by atoms with Crippen LogP contribution in [0.5, 0.6) is 0 Å². The van der Waals surface area contributed by atoms with Gasteiger partial charge in [0.05, 0.1) is 5.69 Å². The summed E-state index contributed by atoms with van der Waals surface area (Å²) in [4.78, 5) is 8.99. The Kier molecular flexibility index (Phi) is 2.18. The molecule has 7 heteroatoms. The van der Waals surface area contributed by atoms with Gasteiger partial charge < -0.3 is 16.0 Å². The number of nitrogens with zero attached hydrogens (tertiary/aromatic N) is 3. The predicted molar refractivity (Wildman–Crippen MR) is 52.4 cm³/mol. The molecule has 0 aliphatic rings. The molecule has 2 heterocycles. The maximum absolute atomic E-state index is 5.47. The fraction of sp³-hybridized carbons (Fsp3) is 0.286. The van der Waals surface area contributed by atoms with E-state index in [0.717, 1.165) is 15.6 Å². The summed E-state index contributed by atoms with van der Waals surface area (Å²) in [5, 5.41) is 4.35. The van der Waals surface area contributed by atoms with Gasteiger partial charge in [0.2, 0.25) is 0 Å². The molecule has 0 atom stereocenters. The van der Waals surface area contributed by atoms with Crippen LogP contribution >= 0.6 is 11.3 Å². The summed E-state index contributed by atoms with van der Waals surface area (Å²) in [6, 6.07) is 0. The molecular formula is C7H9N5OS. The number of hydrogen-bond donors (Lipinski definition) is 2. The van der Waals surface area contributed by atoms with Gasteiger partial charge in [-0.05, 0) is 12.1 Å². The molecule has 74 valence electrons. The van der Waals surface area contributed by atoms with E-state index in [1.165, 1.54) is 11.3 Å². The van der Waals surface area contributed by atoms with Gasteiger partial charge in [-0.1, -0.05) is 0 Å². The molecule has 0 saturated carbocycles. The van der Waals surface area contributed by atoms with Gasteiger partial charge in [0.25, 0.3) is 11.8 Å². The minimum absolute atomic E-state index is 0.127. The first kappa shape index (κ1) is 9.10. The molecular weight excluding hydrogens is 202 g/mol. The quantitative estimate of drug-likeness (QED) is 0.751. The first-order valence-electron chi connectivity index (χ1n) is 3.96. The van der Waals surface area contributed by atoms with Crippen molar-refractivity contribution in [3.8, 4) is 10.8 Å². The number of thiazole rings is 1. The van der Waals surface area contributed by atoms with Gasteiger partial charge in [-0.25, -0.2) is 4.98 Å². The van der Waals surface area contributed by atoms with Crippen LogP contribution in [0.4, 0.5) is 5.95 Å². The Labute approximate surface area is 83.9 Å². The number of rotatable bonds is 2. The number of anilines is 1. The van der Waals surface area contributed by atoms with Gasteiger partial charge >= 0.3 is 0 Å². The zero-order valence-electron chi connectivity index (χ0n) is 7.52. The Hall–Kier alpha value is -1.47. The number of aromatic nitrogens is 3. The lowest BCUT2D eigenvalue weighted by molar-refractivity contribution is 0.433. The Morgan fingerprint density at radius 3 is 2.71 bits per heavy atom. The second-order valence-corrected chi connectivity index (χ2v) is 3.77. The SMILES string of the molecule is Cc1nc(CN)sc1-c1nc(N)no1. The second kappa shape index (κ2) is 3.35. The van der Waals surface area contributed by atoms with Crippen molar-refractivity contribution in [2.75, 3.05) is 5.73 Å². The molecule has 4 N–H and O–H groups in total. The highest BCUT2D eigenvalue weighted by atomic mass is 32.1. The number of nitrogen functional groups attached to an aromatic ring is 1. The number of aryl methyl sites for hydroxylation is 1. The van der Waals surface area contributed by atoms with E-state index in [2.05, 4.69) is 15.1 Å². The van der Waals surface area contributed by atoms with Crippen LogP contribution in [0.25, 0.3) is 10.8 Å². The largest absolute Gasteiger partial charge is 0.365 e. The fourth-order valence-electron chi connectivity index (χ4n) is 1.07. The van der Waals surface area contributed by atoms with Crippen LogP contribution < -0.4 is 11.5 Å². The summed E-state index contributed by atoms with van der Waals surface area (Å²) in [6.45, 7) is 2.28. The molecule has 14 heavy (non-hydrogen) atoms. The average molecular weight is 211 g/mol. The highest BCUT2D eigenvalue weighted by Gasteiger charge is 2.14. The summed E-state index contributed by atoms with van der Waals surface area (Å²) in [7, 11) is 0. The molecule has 0 saturated heterocycles. The molecule has 0 unspecified atom stereocenters. The van der Waals surface area contributed by atoms with Gasteiger partial charge in [-0.2, -0.15) is 4.98 Å². The van der Waals surface area contributed by atoms with Crippen LogP contribution in [0, 0.1) is 6.92 Å². The van der Waals surface area contributed by atoms with E-state index >= 15 is 0 Å². The fourth-order valence-corrected chi connectivity index (χ4v) is 1.93. The smallest absolute Gasteiger partial charge is 0.271 e. The normalized spacial score (nSPS) is 10.7. The van der Waals surface area contributed by atoms with Crippen molar-refractivity contribution in [3.63, 3.8) is 0 Å².